The van der Waals surface area contributed by atoms with Crippen molar-refractivity contribution in [1.29, 1.82) is 0 Å². The number of nitrogens with zero attached hydrogens (tertiary/aromatic N) is 1. The van der Waals surface area contributed by atoms with Crippen LogP contribution in [0.5, 0.6) is 0 Å². The maximum absolute atomic E-state index is 11.7. The molecule has 1 saturated heterocycles. The van der Waals surface area contributed by atoms with E-state index in [1.165, 1.54) is 0 Å². The second-order valence-electron chi connectivity index (χ2n) is 4.69. The fourth-order valence-electron chi connectivity index (χ4n) is 2.15. The topological polar surface area (TPSA) is 51.2 Å². The second kappa shape index (κ2) is 7.11. The fourth-order valence-corrected chi connectivity index (χ4v) is 2.15. The number of pyridine rings is 1. The lowest BCUT2D eigenvalue weighted by Gasteiger charge is -2.21. The third-order valence-corrected chi connectivity index (χ3v) is 3.31. The van der Waals surface area contributed by atoms with Gasteiger partial charge in [0.1, 0.15) is 0 Å². The summed E-state index contributed by atoms with van der Waals surface area (Å²) in [5.74, 6) is 0.770. The maximum atomic E-state index is 11.7. The molecule has 0 bridgehead atoms. The largest absolute Gasteiger partial charge is 0.381 e. The van der Waals surface area contributed by atoms with Crippen LogP contribution in [0.2, 0.25) is 0 Å². The number of hydrogen-bond acceptors (Lipinski definition) is 3. The Morgan fingerprint density at radius 3 is 2.94 bits per heavy atom. The minimum Gasteiger partial charge on any atom is -0.381 e. The molecule has 1 aromatic heterocycles. The quantitative estimate of drug-likeness (QED) is 0.866. The van der Waals surface area contributed by atoms with Crippen LogP contribution in [0, 0.1) is 5.92 Å². The molecule has 1 aromatic rings. The molecule has 0 spiro atoms. The molecule has 0 aliphatic carbocycles. The number of rotatable bonds is 5. The molecule has 1 aliphatic heterocycles. The van der Waals surface area contributed by atoms with Crippen molar-refractivity contribution in [2.75, 3.05) is 13.2 Å². The van der Waals surface area contributed by atoms with Gasteiger partial charge in [-0.25, -0.2) is 0 Å². The highest BCUT2D eigenvalue weighted by molar-refractivity contribution is 5.75. The summed E-state index contributed by atoms with van der Waals surface area (Å²) in [6.07, 6.45) is 5.50. The van der Waals surface area contributed by atoms with Gasteiger partial charge < -0.3 is 10.1 Å². The average molecular weight is 248 g/mol. The lowest BCUT2D eigenvalue weighted by atomic mass is 9.95. The van der Waals surface area contributed by atoms with Crippen molar-refractivity contribution in [1.82, 2.24) is 10.3 Å². The van der Waals surface area contributed by atoms with E-state index < -0.39 is 0 Å². The summed E-state index contributed by atoms with van der Waals surface area (Å²) in [5.41, 5.74) is 0.900. The van der Waals surface area contributed by atoms with Gasteiger partial charge in [0.25, 0.3) is 0 Å². The molecule has 0 radical (unpaired) electrons. The predicted molar refractivity (Wildman–Crippen MR) is 68.9 cm³/mol. The van der Waals surface area contributed by atoms with Gasteiger partial charge >= 0.3 is 0 Å². The fraction of sp³-hybridized carbons (Fsp3) is 0.571. The van der Waals surface area contributed by atoms with E-state index in [1.54, 1.807) is 6.20 Å². The molecule has 2 heterocycles. The summed E-state index contributed by atoms with van der Waals surface area (Å²) < 4.78 is 5.30. The highest BCUT2D eigenvalue weighted by Gasteiger charge is 2.14. The standard InChI is InChI=1S/C14H20N2O2/c17-14(5-4-12-6-9-18-10-7-12)16-11-13-3-1-2-8-15-13/h1-3,8,12H,4-7,9-11H2,(H,16,17). The molecule has 4 nitrogen and oxygen atoms in total. The van der Waals surface area contributed by atoms with Crippen LogP contribution in [0.4, 0.5) is 0 Å². The molecule has 2 rings (SSSR count). The smallest absolute Gasteiger partial charge is 0.220 e. The number of carbonyl (C=O) groups is 1. The van der Waals surface area contributed by atoms with E-state index in [1.807, 2.05) is 18.2 Å². The minimum atomic E-state index is 0.118. The Hall–Kier alpha value is -1.42. The molecule has 18 heavy (non-hydrogen) atoms. The molecular weight excluding hydrogens is 228 g/mol. The average Bonchev–Trinajstić information content (AvgIpc) is 2.45. The van der Waals surface area contributed by atoms with Crippen molar-refractivity contribution in [2.45, 2.75) is 32.2 Å². The predicted octanol–water partition coefficient (Wildman–Crippen LogP) is 1.90. The van der Waals surface area contributed by atoms with Crippen molar-refractivity contribution in [3.63, 3.8) is 0 Å². The Morgan fingerprint density at radius 1 is 1.39 bits per heavy atom. The van der Waals surface area contributed by atoms with Gasteiger partial charge in [-0.2, -0.15) is 0 Å². The summed E-state index contributed by atoms with van der Waals surface area (Å²) >= 11 is 0. The van der Waals surface area contributed by atoms with Crippen molar-refractivity contribution in [3.05, 3.63) is 30.1 Å². The third-order valence-electron chi connectivity index (χ3n) is 3.31. The molecule has 1 aliphatic rings. The molecule has 1 amide bonds. The molecular formula is C14H20N2O2. The van der Waals surface area contributed by atoms with Gasteiger partial charge in [0.15, 0.2) is 0 Å². The van der Waals surface area contributed by atoms with Crippen molar-refractivity contribution < 1.29 is 9.53 Å². The van der Waals surface area contributed by atoms with E-state index in [0.29, 0.717) is 18.9 Å². The van der Waals surface area contributed by atoms with E-state index in [2.05, 4.69) is 10.3 Å². The lowest BCUT2D eigenvalue weighted by Crippen LogP contribution is -2.24. The molecule has 0 unspecified atom stereocenters. The summed E-state index contributed by atoms with van der Waals surface area (Å²) in [6.45, 7) is 2.22. The van der Waals surface area contributed by atoms with Crippen LogP contribution in [0.3, 0.4) is 0 Å². The number of hydrogen-bond donors (Lipinski definition) is 1. The van der Waals surface area contributed by atoms with Gasteiger partial charge in [0.2, 0.25) is 5.91 Å². The van der Waals surface area contributed by atoms with E-state index in [-0.39, 0.29) is 5.91 Å². The summed E-state index contributed by atoms with van der Waals surface area (Å²) in [6, 6.07) is 5.71. The molecule has 0 aromatic carbocycles. The van der Waals surface area contributed by atoms with Crippen LogP contribution in [0.25, 0.3) is 0 Å². The maximum Gasteiger partial charge on any atom is 0.220 e. The van der Waals surface area contributed by atoms with Crippen LogP contribution < -0.4 is 5.32 Å². The zero-order valence-corrected chi connectivity index (χ0v) is 10.6. The van der Waals surface area contributed by atoms with Crippen LogP contribution in [0.15, 0.2) is 24.4 Å². The summed E-state index contributed by atoms with van der Waals surface area (Å²) in [4.78, 5) is 15.9. The highest BCUT2D eigenvalue weighted by atomic mass is 16.5. The van der Waals surface area contributed by atoms with Gasteiger partial charge in [-0.15, -0.1) is 0 Å². The Morgan fingerprint density at radius 2 is 2.22 bits per heavy atom. The molecule has 1 N–H and O–H groups in total. The van der Waals surface area contributed by atoms with Gasteiger partial charge in [-0.3, -0.25) is 9.78 Å². The van der Waals surface area contributed by atoms with Crippen LogP contribution in [0.1, 0.15) is 31.4 Å². The van der Waals surface area contributed by atoms with Gasteiger partial charge in [-0.1, -0.05) is 6.07 Å². The first-order chi connectivity index (χ1) is 8.84. The normalized spacial score (nSPS) is 16.4. The van der Waals surface area contributed by atoms with E-state index in [0.717, 1.165) is 38.2 Å². The third kappa shape index (κ3) is 4.45. The Balaban J connectivity index is 1.63. The number of amides is 1. The minimum absolute atomic E-state index is 0.118. The zero-order valence-electron chi connectivity index (χ0n) is 10.6. The Bertz CT molecular complexity index is 361. The van der Waals surface area contributed by atoms with Crippen molar-refractivity contribution in [2.24, 2.45) is 5.92 Å². The van der Waals surface area contributed by atoms with Gasteiger partial charge in [0, 0.05) is 25.8 Å². The first kappa shape index (κ1) is 13.0. The molecule has 1 fully saturated rings. The summed E-state index contributed by atoms with van der Waals surface area (Å²) in [5, 5.41) is 2.91. The Labute approximate surface area is 108 Å². The molecule has 0 atom stereocenters. The first-order valence-electron chi connectivity index (χ1n) is 6.59. The van der Waals surface area contributed by atoms with Gasteiger partial charge in [0.05, 0.1) is 12.2 Å². The first-order valence-corrected chi connectivity index (χ1v) is 6.59. The van der Waals surface area contributed by atoms with E-state index in [9.17, 15) is 4.79 Å². The van der Waals surface area contributed by atoms with E-state index >= 15 is 0 Å². The molecule has 0 saturated carbocycles. The lowest BCUT2D eigenvalue weighted by molar-refractivity contribution is -0.121. The van der Waals surface area contributed by atoms with Crippen molar-refractivity contribution in [3.8, 4) is 0 Å². The highest BCUT2D eigenvalue weighted by Crippen LogP contribution is 2.19. The monoisotopic (exact) mass is 248 g/mol. The second-order valence-corrected chi connectivity index (χ2v) is 4.69. The van der Waals surface area contributed by atoms with E-state index in [4.69, 9.17) is 4.74 Å². The number of nitrogens with one attached hydrogen (secondary N) is 1. The summed E-state index contributed by atoms with van der Waals surface area (Å²) in [7, 11) is 0. The SMILES string of the molecule is O=C(CCC1CCOCC1)NCc1ccccn1. The van der Waals surface area contributed by atoms with Crippen molar-refractivity contribution >= 4 is 5.91 Å². The van der Waals surface area contributed by atoms with Gasteiger partial charge in [-0.05, 0) is 37.3 Å². The number of aromatic nitrogens is 1. The van der Waals surface area contributed by atoms with Crippen LogP contribution in [-0.2, 0) is 16.1 Å². The number of ether oxygens (including phenoxy) is 1. The zero-order chi connectivity index (χ0) is 12.6. The molecule has 4 heteroatoms. The number of carbonyl (C=O) groups excluding carboxylic acids is 1. The Kier molecular flexibility index (Phi) is 5.15. The molecule has 98 valence electrons. The van der Waals surface area contributed by atoms with Crippen LogP contribution in [-0.4, -0.2) is 24.1 Å². The van der Waals surface area contributed by atoms with Crippen LogP contribution >= 0.6 is 0 Å².